The number of benzene rings is 9. The fourth-order valence-corrected chi connectivity index (χ4v) is 7.75. The molecule has 10 rings (SSSR count). The summed E-state index contributed by atoms with van der Waals surface area (Å²) in [6.45, 7) is 0. The van der Waals surface area contributed by atoms with Crippen LogP contribution in [0.15, 0.2) is 217 Å². The third-order valence-electron chi connectivity index (χ3n) is 10.5. The Labute approximate surface area is 314 Å². The summed E-state index contributed by atoms with van der Waals surface area (Å²) in [5, 5.41) is 5.97. The molecule has 9 aromatic carbocycles. The van der Waals surface area contributed by atoms with E-state index in [1.54, 1.807) is 0 Å². The highest BCUT2D eigenvalue weighted by Gasteiger charge is 2.16. The van der Waals surface area contributed by atoms with Gasteiger partial charge < -0.3 is 9.32 Å². The van der Waals surface area contributed by atoms with Gasteiger partial charge in [-0.2, -0.15) is 0 Å². The van der Waals surface area contributed by atoms with Gasteiger partial charge in [0.15, 0.2) is 0 Å². The predicted molar refractivity (Wildman–Crippen MR) is 228 cm³/mol. The second-order valence-corrected chi connectivity index (χ2v) is 13.7. The van der Waals surface area contributed by atoms with Crippen LogP contribution in [0.4, 0.5) is 17.1 Å². The van der Waals surface area contributed by atoms with Gasteiger partial charge in [-0.3, -0.25) is 0 Å². The molecule has 54 heavy (non-hydrogen) atoms. The van der Waals surface area contributed by atoms with Crippen LogP contribution in [0.2, 0.25) is 0 Å². The van der Waals surface area contributed by atoms with Crippen molar-refractivity contribution in [2.75, 3.05) is 4.90 Å². The van der Waals surface area contributed by atoms with Crippen molar-refractivity contribution in [3.63, 3.8) is 0 Å². The maximum atomic E-state index is 6.61. The summed E-state index contributed by atoms with van der Waals surface area (Å²) >= 11 is 0. The van der Waals surface area contributed by atoms with Crippen molar-refractivity contribution in [1.82, 2.24) is 0 Å². The predicted octanol–water partition coefficient (Wildman–Crippen LogP) is 14.9. The van der Waals surface area contributed by atoms with E-state index in [4.69, 9.17) is 4.42 Å². The Morgan fingerprint density at radius 2 is 0.574 bits per heavy atom. The van der Waals surface area contributed by atoms with E-state index >= 15 is 0 Å². The van der Waals surface area contributed by atoms with Gasteiger partial charge >= 0.3 is 0 Å². The number of hydrogen-bond donors (Lipinski definition) is 0. The van der Waals surface area contributed by atoms with E-state index in [2.05, 4.69) is 217 Å². The van der Waals surface area contributed by atoms with Crippen LogP contribution < -0.4 is 4.90 Å². The molecule has 0 aliphatic rings. The van der Waals surface area contributed by atoms with E-state index in [0.717, 1.165) is 55.9 Å². The smallest absolute Gasteiger partial charge is 0.143 e. The monoisotopic (exact) mass is 689 g/mol. The Morgan fingerprint density at radius 3 is 1.02 bits per heavy atom. The largest absolute Gasteiger partial charge is 0.455 e. The molecule has 0 saturated heterocycles. The van der Waals surface area contributed by atoms with Crippen molar-refractivity contribution in [2.24, 2.45) is 0 Å². The Bertz CT molecular complexity index is 2720. The molecule has 1 heterocycles. The van der Waals surface area contributed by atoms with Crippen LogP contribution in [-0.2, 0) is 0 Å². The molecule has 254 valence electrons. The third kappa shape index (κ3) is 5.71. The number of nitrogens with zero attached hydrogens (tertiary/aromatic N) is 1. The van der Waals surface area contributed by atoms with Crippen LogP contribution in [0.1, 0.15) is 0 Å². The summed E-state index contributed by atoms with van der Waals surface area (Å²) in [6, 6.07) is 75.6. The Kier molecular flexibility index (Phi) is 7.85. The molecule has 0 unspecified atom stereocenters. The highest BCUT2D eigenvalue weighted by Crippen LogP contribution is 2.41. The Balaban J connectivity index is 0.974. The minimum Gasteiger partial charge on any atom is -0.455 e. The lowest BCUT2D eigenvalue weighted by molar-refractivity contribution is 0.635. The van der Waals surface area contributed by atoms with Crippen LogP contribution in [0.5, 0.6) is 0 Å². The fraction of sp³-hybridized carbons (Fsp3) is 0. The minimum atomic E-state index is 0.876. The van der Waals surface area contributed by atoms with Crippen LogP contribution in [-0.4, -0.2) is 0 Å². The first-order valence-corrected chi connectivity index (χ1v) is 18.4. The number of anilines is 3. The molecule has 0 amide bonds. The molecule has 2 nitrogen and oxygen atoms in total. The summed E-state index contributed by atoms with van der Waals surface area (Å²) in [5.74, 6) is 0.876. The molecule has 0 spiro atoms. The maximum absolute atomic E-state index is 6.61. The number of rotatable bonds is 7. The van der Waals surface area contributed by atoms with Crippen molar-refractivity contribution in [1.29, 1.82) is 0 Å². The van der Waals surface area contributed by atoms with Gasteiger partial charge in [0.05, 0.1) is 0 Å². The molecule has 0 fully saturated rings. The van der Waals surface area contributed by atoms with Crippen molar-refractivity contribution >= 4 is 49.6 Å². The van der Waals surface area contributed by atoms with Crippen LogP contribution in [0, 0.1) is 0 Å². The molecule has 0 N–H and O–H groups in total. The first-order valence-electron chi connectivity index (χ1n) is 18.4. The third-order valence-corrected chi connectivity index (χ3v) is 10.5. The number of fused-ring (bicyclic) bond motifs is 6. The van der Waals surface area contributed by atoms with Gasteiger partial charge in [-0.05, 0) is 92.0 Å². The van der Waals surface area contributed by atoms with E-state index in [1.807, 2.05) is 0 Å². The van der Waals surface area contributed by atoms with E-state index in [1.165, 1.54) is 38.4 Å². The molecule has 0 aliphatic heterocycles. The second-order valence-electron chi connectivity index (χ2n) is 13.7. The second kappa shape index (κ2) is 13.4. The van der Waals surface area contributed by atoms with Gasteiger partial charge in [0.2, 0.25) is 0 Å². The van der Waals surface area contributed by atoms with Gasteiger partial charge in [-0.1, -0.05) is 170 Å². The summed E-state index contributed by atoms with van der Waals surface area (Å²) in [7, 11) is 0. The minimum absolute atomic E-state index is 0.876. The molecule has 2 heteroatoms. The molecular weight excluding hydrogens is 655 g/mol. The molecule has 10 aromatic rings. The zero-order valence-corrected chi connectivity index (χ0v) is 29.6. The molecule has 0 aliphatic carbocycles. The first-order chi connectivity index (χ1) is 26.8. The van der Waals surface area contributed by atoms with Crippen LogP contribution >= 0.6 is 0 Å². The van der Waals surface area contributed by atoms with Crippen molar-refractivity contribution in [2.45, 2.75) is 0 Å². The number of hydrogen-bond acceptors (Lipinski definition) is 2. The van der Waals surface area contributed by atoms with Crippen LogP contribution in [0.3, 0.4) is 0 Å². The lowest BCUT2D eigenvalue weighted by Crippen LogP contribution is -2.09. The van der Waals surface area contributed by atoms with Crippen molar-refractivity contribution in [3.8, 4) is 44.7 Å². The quantitative estimate of drug-likeness (QED) is 0.155. The topological polar surface area (TPSA) is 16.4 Å². The molecule has 0 bridgehead atoms. The molecule has 0 radical (unpaired) electrons. The molecule has 0 atom stereocenters. The zero-order valence-electron chi connectivity index (χ0n) is 29.6. The zero-order chi connectivity index (χ0) is 35.8. The van der Waals surface area contributed by atoms with Crippen molar-refractivity contribution in [3.05, 3.63) is 212 Å². The summed E-state index contributed by atoms with van der Waals surface area (Å²) in [4.78, 5) is 2.32. The standard InChI is InChI=1S/C52H35NO/c1-3-11-36(12-4-1)39-23-29-43(30-24-39)53(44-31-25-40(26-32-44)37-13-5-2-6-14-37)45-33-27-41(28-34-45)38-19-21-42(22-20-38)51-35-50-48-17-8-7-15-46(48)47-16-9-10-18-49(47)52(50)54-51/h1-35H. The Hall–Kier alpha value is -7.16. The average molecular weight is 690 g/mol. The van der Waals surface area contributed by atoms with E-state index in [9.17, 15) is 0 Å². The molecular formula is C52H35NO. The maximum Gasteiger partial charge on any atom is 0.143 e. The van der Waals surface area contributed by atoms with Gasteiger partial charge in [0, 0.05) is 33.4 Å². The lowest BCUT2D eigenvalue weighted by atomic mass is 9.98. The highest BCUT2D eigenvalue weighted by atomic mass is 16.3. The SMILES string of the molecule is c1ccc(-c2ccc(N(c3ccc(-c4ccccc4)cc3)c3ccc(-c4ccc(-c5cc6c7ccccc7c7ccccc7c6o5)cc4)cc3)cc2)cc1. The normalized spacial score (nSPS) is 11.3. The van der Waals surface area contributed by atoms with E-state index in [-0.39, 0.29) is 0 Å². The van der Waals surface area contributed by atoms with Crippen LogP contribution in [0.25, 0.3) is 77.2 Å². The first kappa shape index (κ1) is 31.6. The summed E-state index contributed by atoms with van der Waals surface area (Å²) in [6.07, 6.45) is 0. The molecule has 1 aromatic heterocycles. The fourth-order valence-electron chi connectivity index (χ4n) is 7.75. The Morgan fingerprint density at radius 1 is 0.259 bits per heavy atom. The average Bonchev–Trinajstić information content (AvgIpc) is 3.72. The number of furan rings is 1. The van der Waals surface area contributed by atoms with Gasteiger partial charge in [0.25, 0.3) is 0 Å². The van der Waals surface area contributed by atoms with Gasteiger partial charge in [-0.25, -0.2) is 0 Å². The van der Waals surface area contributed by atoms with E-state index in [0.29, 0.717) is 0 Å². The lowest BCUT2D eigenvalue weighted by Gasteiger charge is -2.26. The summed E-state index contributed by atoms with van der Waals surface area (Å²) in [5.41, 5.74) is 12.4. The highest BCUT2D eigenvalue weighted by molar-refractivity contribution is 6.24. The van der Waals surface area contributed by atoms with Gasteiger partial charge in [0.1, 0.15) is 11.3 Å². The summed E-state index contributed by atoms with van der Waals surface area (Å²) < 4.78 is 6.61. The van der Waals surface area contributed by atoms with Crippen molar-refractivity contribution < 1.29 is 4.42 Å². The van der Waals surface area contributed by atoms with E-state index < -0.39 is 0 Å². The van der Waals surface area contributed by atoms with Gasteiger partial charge in [-0.15, -0.1) is 0 Å². The molecule has 0 saturated carbocycles.